The number of carbonyl (C=O) groups excluding carboxylic acids is 1. The van der Waals surface area contributed by atoms with E-state index in [0.717, 1.165) is 6.26 Å². The predicted molar refractivity (Wildman–Crippen MR) is 79.0 cm³/mol. The molecule has 8 heteroatoms. The Bertz CT molecular complexity index is 665. The Labute approximate surface area is 129 Å². The van der Waals surface area contributed by atoms with E-state index in [0.29, 0.717) is 5.56 Å². The van der Waals surface area contributed by atoms with E-state index in [1.54, 1.807) is 19.1 Å². The summed E-state index contributed by atoms with van der Waals surface area (Å²) >= 11 is 0. The minimum Gasteiger partial charge on any atom is -0.363 e. The van der Waals surface area contributed by atoms with Crippen molar-refractivity contribution in [2.45, 2.75) is 19.1 Å². The summed E-state index contributed by atoms with van der Waals surface area (Å²) in [6, 6.07) is 5.89. The first-order valence-electron chi connectivity index (χ1n) is 6.82. The molecule has 0 saturated carbocycles. The van der Waals surface area contributed by atoms with E-state index < -0.39 is 21.5 Å². The molecule has 1 aromatic carbocycles. The summed E-state index contributed by atoms with van der Waals surface area (Å²) < 4.78 is 43.0. The van der Waals surface area contributed by atoms with Crippen molar-refractivity contribution in [2.75, 3.05) is 26.0 Å². The fourth-order valence-corrected chi connectivity index (χ4v) is 3.16. The zero-order chi connectivity index (χ0) is 16.4. The highest BCUT2D eigenvalue weighted by Gasteiger charge is 2.41. The number of nitrogens with zero attached hydrogens (tertiary/aromatic N) is 1. The smallest absolute Gasteiger partial charge is 0.253 e. The number of hydrogen-bond acceptors (Lipinski definition) is 4. The van der Waals surface area contributed by atoms with Crippen LogP contribution in [0.5, 0.6) is 0 Å². The number of morpholine rings is 1. The maximum Gasteiger partial charge on any atom is 0.253 e. The van der Waals surface area contributed by atoms with E-state index in [2.05, 4.69) is 5.32 Å². The Kier molecular flexibility index (Phi) is 4.84. The molecule has 1 N–H and O–H groups in total. The molecule has 0 spiro atoms. The van der Waals surface area contributed by atoms with E-state index in [1.807, 2.05) is 0 Å². The monoisotopic (exact) mass is 330 g/mol. The highest BCUT2D eigenvalue weighted by Crippen LogP contribution is 2.20. The van der Waals surface area contributed by atoms with Crippen LogP contribution >= 0.6 is 0 Å². The van der Waals surface area contributed by atoms with Crippen LogP contribution in [0, 0.1) is 5.82 Å². The number of ether oxygens (including phenoxy) is 1. The lowest BCUT2D eigenvalue weighted by atomic mass is 10.0. The molecular weight excluding hydrogens is 311 g/mol. The van der Waals surface area contributed by atoms with Gasteiger partial charge in [0.25, 0.3) is 5.91 Å². The standard InChI is InChI=1S/C14H19FN2O4S/c1-14(10-17(6-7-21-14)22(2,19)20)13(18)16-9-11-4-3-5-12(15)8-11/h3-5,8H,6-7,9-10H2,1-2H3,(H,16,18)/t14-/m1/s1. The Morgan fingerprint density at radius 2 is 2.23 bits per heavy atom. The lowest BCUT2D eigenvalue weighted by Crippen LogP contribution is -2.59. The minimum atomic E-state index is -3.38. The van der Waals surface area contributed by atoms with Crippen LogP contribution in [0.15, 0.2) is 24.3 Å². The van der Waals surface area contributed by atoms with Crippen molar-refractivity contribution in [2.24, 2.45) is 0 Å². The van der Waals surface area contributed by atoms with Crippen molar-refractivity contribution in [1.29, 1.82) is 0 Å². The van der Waals surface area contributed by atoms with Crippen LogP contribution in [0.25, 0.3) is 0 Å². The molecule has 0 aromatic heterocycles. The zero-order valence-corrected chi connectivity index (χ0v) is 13.3. The van der Waals surface area contributed by atoms with Gasteiger partial charge in [-0.15, -0.1) is 0 Å². The number of rotatable bonds is 4. The van der Waals surface area contributed by atoms with Gasteiger partial charge in [0.1, 0.15) is 5.82 Å². The summed E-state index contributed by atoms with van der Waals surface area (Å²) in [5.41, 5.74) is -0.637. The van der Waals surface area contributed by atoms with Gasteiger partial charge in [-0.05, 0) is 24.6 Å². The number of benzene rings is 1. The topological polar surface area (TPSA) is 75.7 Å². The summed E-state index contributed by atoms with van der Waals surface area (Å²) in [4.78, 5) is 12.3. The fraction of sp³-hybridized carbons (Fsp3) is 0.500. The van der Waals surface area contributed by atoms with Crippen LogP contribution in [-0.4, -0.2) is 50.2 Å². The number of hydrogen-bond donors (Lipinski definition) is 1. The molecule has 0 radical (unpaired) electrons. The molecule has 122 valence electrons. The summed E-state index contributed by atoms with van der Waals surface area (Å²) in [7, 11) is -3.38. The first-order valence-corrected chi connectivity index (χ1v) is 8.67. The van der Waals surface area contributed by atoms with Gasteiger partial charge >= 0.3 is 0 Å². The van der Waals surface area contributed by atoms with E-state index in [-0.39, 0.29) is 32.1 Å². The molecule has 6 nitrogen and oxygen atoms in total. The summed E-state index contributed by atoms with van der Waals surface area (Å²) in [5, 5.41) is 2.66. The molecule has 0 bridgehead atoms. The van der Waals surface area contributed by atoms with Crippen molar-refractivity contribution in [3.63, 3.8) is 0 Å². The first kappa shape index (κ1) is 16.9. The molecule has 0 aliphatic carbocycles. The molecule has 0 unspecified atom stereocenters. The van der Waals surface area contributed by atoms with Crippen molar-refractivity contribution in [3.8, 4) is 0 Å². The molecule has 1 saturated heterocycles. The summed E-state index contributed by atoms with van der Waals surface area (Å²) in [6.07, 6.45) is 1.10. The van der Waals surface area contributed by atoms with Crippen molar-refractivity contribution >= 4 is 15.9 Å². The number of sulfonamides is 1. The molecule has 1 atom stereocenters. The van der Waals surface area contributed by atoms with E-state index >= 15 is 0 Å². The second-order valence-electron chi connectivity index (χ2n) is 5.49. The Hall–Kier alpha value is -1.51. The van der Waals surface area contributed by atoms with Gasteiger partial charge in [-0.3, -0.25) is 4.79 Å². The van der Waals surface area contributed by atoms with Gasteiger partial charge < -0.3 is 10.1 Å². The third kappa shape index (κ3) is 4.02. The van der Waals surface area contributed by atoms with Crippen LogP contribution in [0.4, 0.5) is 4.39 Å². The lowest BCUT2D eigenvalue weighted by molar-refractivity contribution is -0.152. The number of amides is 1. The SMILES string of the molecule is C[C@]1(C(=O)NCc2cccc(F)c2)CN(S(C)(=O)=O)CCO1. The number of halogens is 1. The highest BCUT2D eigenvalue weighted by atomic mass is 32.2. The van der Waals surface area contributed by atoms with E-state index in [9.17, 15) is 17.6 Å². The van der Waals surface area contributed by atoms with Gasteiger partial charge in [0.15, 0.2) is 5.60 Å². The third-order valence-corrected chi connectivity index (χ3v) is 4.78. The number of carbonyl (C=O) groups is 1. The van der Waals surface area contributed by atoms with Crippen LogP contribution in [0.3, 0.4) is 0 Å². The molecule has 1 aliphatic rings. The second-order valence-corrected chi connectivity index (χ2v) is 7.47. The summed E-state index contributed by atoms with van der Waals surface area (Å²) in [6.45, 7) is 2.03. The maximum atomic E-state index is 13.1. The van der Waals surface area contributed by atoms with Gasteiger partial charge in [-0.25, -0.2) is 12.8 Å². The largest absolute Gasteiger partial charge is 0.363 e. The predicted octanol–water partition coefficient (Wildman–Crippen LogP) is 0.492. The van der Waals surface area contributed by atoms with Crippen molar-refractivity contribution in [3.05, 3.63) is 35.6 Å². The van der Waals surface area contributed by atoms with Crippen LogP contribution in [0.1, 0.15) is 12.5 Å². The van der Waals surface area contributed by atoms with E-state index in [1.165, 1.54) is 16.4 Å². The summed E-state index contributed by atoms with van der Waals surface area (Å²) in [5.74, 6) is -0.805. The highest BCUT2D eigenvalue weighted by molar-refractivity contribution is 7.88. The van der Waals surface area contributed by atoms with Crippen LogP contribution < -0.4 is 5.32 Å². The Morgan fingerprint density at radius 1 is 1.50 bits per heavy atom. The molecule has 1 amide bonds. The Balaban J connectivity index is 2.01. The van der Waals surface area contributed by atoms with Crippen molar-refractivity contribution in [1.82, 2.24) is 9.62 Å². The molecule has 1 aromatic rings. The average Bonchev–Trinajstić information content (AvgIpc) is 2.44. The zero-order valence-electron chi connectivity index (χ0n) is 12.5. The minimum absolute atomic E-state index is 0.0409. The molecule has 22 heavy (non-hydrogen) atoms. The Morgan fingerprint density at radius 3 is 2.86 bits per heavy atom. The van der Waals surface area contributed by atoms with Gasteiger partial charge in [0, 0.05) is 13.1 Å². The van der Waals surface area contributed by atoms with Gasteiger partial charge in [-0.2, -0.15) is 4.31 Å². The van der Waals surface area contributed by atoms with E-state index in [4.69, 9.17) is 4.74 Å². The normalized spacial score (nSPS) is 23.2. The molecule has 2 rings (SSSR count). The van der Waals surface area contributed by atoms with Gasteiger partial charge in [-0.1, -0.05) is 12.1 Å². The van der Waals surface area contributed by atoms with Crippen LogP contribution in [-0.2, 0) is 26.1 Å². The van der Waals surface area contributed by atoms with Crippen LogP contribution in [0.2, 0.25) is 0 Å². The first-order chi connectivity index (χ1) is 10.2. The molecule has 1 fully saturated rings. The van der Waals surface area contributed by atoms with Gasteiger partial charge in [0.05, 0.1) is 19.4 Å². The number of nitrogens with one attached hydrogen (secondary N) is 1. The third-order valence-electron chi connectivity index (χ3n) is 3.53. The molecule has 1 heterocycles. The second kappa shape index (κ2) is 6.31. The maximum absolute atomic E-state index is 13.1. The molecular formula is C14H19FN2O4S. The fourth-order valence-electron chi connectivity index (χ4n) is 2.27. The average molecular weight is 330 g/mol. The lowest BCUT2D eigenvalue weighted by Gasteiger charge is -2.37. The molecule has 1 aliphatic heterocycles. The van der Waals surface area contributed by atoms with Gasteiger partial charge in [0.2, 0.25) is 10.0 Å². The quantitative estimate of drug-likeness (QED) is 0.872. The van der Waals surface area contributed by atoms with Crippen molar-refractivity contribution < 1.29 is 22.3 Å².